The van der Waals surface area contributed by atoms with E-state index >= 15 is 0 Å². The van der Waals surface area contributed by atoms with Gasteiger partial charge in [-0.1, -0.05) is 133 Å². The molecule has 8 unspecified atom stereocenters. The van der Waals surface area contributed by atoms with E-state index < -0.39 is 18.3 Å². The number of hydrogen-bond acceptors (Lipinski definition) is 12. The summed E-state index contributed by atoms with van der Waals surface area (Å²) in [5.74, 6) is 2.04. The molecule has 0 aromatic rings. The second kappa shape index (κ2) is 46.7. The van der Waals surface area contributed by atoms with Crippen molar-refractivity contribution in [3.8, 4) is 0 Å². The SMILES string of the molecule is C=CCOC(C(=O)NC(C)(C)C)C(C)(C)C.C=CCOC(C(=O)NC(C)(C)C)C(C)C.C=CCOC(CC(C)(C)C)C(=O)NC(C)(C)C.C=CCOC(CC1CC1C)C(=O)NC(C)(C)C.C=CCOC(CC1CCC1)C(=O)NC(C)(C)C.CCOC(CC(C)(C)C)C(=O)NC(C)(C)C. The van der Waals surface area contributed by atoms with E-state index in [0.29, 0.717) is 57.9 Å². The minimum Gasteiger partial charge on any atom is -0.369 e. The Hall–Kier alpha value is -4.72. The Balaban J connectivity index is -0.000000541. The molecule has 0 aliphatic heterocycles. The summed E-state index contributed by atoms with van der Waals surface area (Å²) in [5.41, 5.74) is -1.38. The predicted molar refractivity (Wildman–Crippen MR) is 409 cm³/mol. The first-order valence-corrected chi connectivity index (χ1v) is 35.9. The van der Waals surface area contributed by atoms with Crippen LogP contribution in [-0.2, 0) is 57.2 Å². The highest BCUT2D eigenvalue weighted by atomic mass is 16.5. The minimum atomic E-state index is -0.454. The number of rotatable bonds is 30. The Morgan fingerprint density at radius 3 is 0.939 bits per heavy atom. The number of hydrogen-bond donors (Lipinski definition) is 6. The fourth-order valence-electron chi connectivity index (χ4n) is 9.16. The van der Waals surface area contributed by atoms with E-state index in [4.69, 9.17) is 28.4 Å². The van der Waals surface area contributed by atoms with Gasteiger partial charge in [0.15, 0.2) is 0 Å². The first kappa shape index (κ1) is 99.7. The molecule has 98 heavy (non-hydrogen) atoms. The van der Waals surface area contributed by atoms with Crippen molar-refractivity contribution >= 4 is 35.4 Å². The molecule has 0 bridgehead atoms. The summed E-state index contributed by atoms with van der Waals surface area (Å²) >= 11 is 0. The topological polar surface area (TPSA) is 230 Å². The summed E-state index contributed by atoms with van der Waals surface area (Å²) < 4.78 is 33.2. The van der Waals surface area contributed by atoms with Crippen molar-refractivity contribution in [2.24, 2.45) is 39.9 Å². The summed E-state index contributed by atoms with van der Waals surface area (Å²) in [5, 5.41) is 17.7. The average Bonchev–Trinajstić information content (AvgIpc) is 1.60. The Bertz CT molecular complexity index is 2270. The van der Waals surface area contributed by atoms with Gasteiger partial charge < -0.3 is 60.3 Å². The van der Waals surface area contributed by atoms with E-state index in [0.717, 1.165) is 25.2 Å². The lowest BCUT2D eigenvalue weighted by atomic mass is 9.81. The Morgan fingerprint density at radius 2 is 0.673 bits per heavy atom. The molecule has 6 N–H and O–H groups in total. The lowest BCUT2D eigenvalue weighted by Gasteiger charge is -2.32. The number of ether oxygens (including phenoxy) is 6. The van der Waals surface area contributed by atoms with Crippen LogP contribution in [0.5, 0.6) is 0 Å². The number of nitrogens with one attached hydrogen (secondary N) is 6. The molecule has 574 valence electrons. The minimum absolute atomic E-state index is 0.00144. The van der Waals surface area contributed by atoms with Gasteiger partial charge in [0, 0.05) is 39.8 Å². The molecule has 0 spiro atoms. The molecule has 0 aromatic heterocycles. The molecule has 2 saturated carbocycles. The maximum atomic E-state index is 12.1. The van der Waals surface area contributed by atoms with Crippen LogP contribution in [0.1, 0.15) is 266 Å². The van der Waals surface area contributed by atoms with Crippen LogP contribution in [0.15, 0.2) is 63.3 Å². The van der Waals surface area contributed by atoms with Gasteiger partial charge in [0.25, 0.3) is 0 Å². The second-order valence-electron chi connectivity index (χ2n) is 36.1. The highest BCUT2D eigenvalue weighted by Gasteiger charge is 2.38. The predicted octanol–water partition coefficient (Wildman–Crippen LogP) is 15.5. The standard InChI is InChI=1S/2C14H25NO2.C14H27NO2.C13H27NO2.C13H25NO2.C12H23NO2/c1-6-7-17-12(9-11-8-10(11)2)13(16)15-14(3,4)5;1-5-9-17-12(10-11-7-6-8-11)13(16)15-14(2,3)4;1-8-9-17-11(10-13(2,3)4)12(16)15-14(5,6)7;1-8-16-10(9-12(2,3)4)11(15)14-13(5,6)7;1-8-9-16-10(12(2,3)4)11(15)14-13(5,6)7;1-7-8-15-10(9(2)3)11(14)13-12(4,5)6/h6,10-12H,1,7-9H2,2-5H3,(H,15,16);5,11-12H,1,6-10H2,2-4H3,(H,15,16);8,11H,1,9-10H2,2-7H3,(H,15,16);10H,8-9H2,1-7H3,(H,14,15);8,10H,1,9H2,2-7H3,(H,14,15);7,9-10H,1,8H2,2-6H3,(H,13,14). The van der Waals surface area contributed by atoms with Crippen molar-refractivity contribution in [2.45, 2.75) is 336 Å². The Kier molecular flexibility index (Phi) is 47.5. The molecular weight excluding hydrogens is 1240 g/mol. The van der Waals surface area contributed by atoms with Gasteiger partial charge >= 0.3 is 0 Å². The van der Waals surface area contributed by atoms with Crippen molar-refractivity contribution in [3.63, 3.8) is 0 Å². The van der Waals surface area contributed by atoms with Gasteiger partial charge in [-0.05, 0) is 204 Å². The zero-order valence-electron chi connectivity index (χ0n) is 68.5. The average molecular weight is 1390 g/mol. The highest BCUT2D eigenvalue weighted by molar-refractivity contribution is 5.84. The Morgan fingerprint density at radius 1 is 0.398 bits per heavy atom. The van der Waals surface area contributed by atoms with Crippen molar-refractivity contribution in [1.82, 2.24) is 31.9 Å². The first-order valence-electron chi connectivity index (χ1n) is 35.9. The van der Waals surface area contributed by atoms with Gasteiger partial charge in [-0.3, -0.25) is 28.8 Å². The van der Waals surface area contributed by atoms with Crippen molar-refractivity contribution in [1.29, 1.82) is 0 Å². The molecule has 2 aliphatic carbocycles. The lowest BCUT2D eigenvalue weighted by molar-refractivity contribution is -0.140. The quantitative estimate of drug-likeness (QED) is 0.0369. The third-order valence-corrected chi connectivity index (χ3v) is 13.6. The van der Waals surface area contributed by atoms with E-state index in [1.807, 2.05) is 166 Å². The summed E-state index contributed by atoms with van der Waals surface area (Å²) in [6.07, 6.45) is 14.2. The van der Waals surface area contributed by atoms with Crippen LogP contribution >= 0.6 is 0 Å². The van der Waals surface area contributed by atoms with Crippen molar-refractivity contribution in [3.05, 3.63) is 63.3 Å². The van der Waals surface area contributed by atoms with Gasteiger partial charge in [-0.15, -0.1) is 32.9 Å². The molecular formula is C80H152N6O12. The van der Waals surface area contributed by atoms with Gasteiger partial charge in [0.05, 0.1) is 33.0 Å². The maximum absolute atomic E-state index is 12.1. The number of amides is 6. The van der Waals surface area contributed by atoms with E-state index in [2.05, 4.69) is 113 Å². The fraction of sp³-hybridized carbons (Fsp3) is 0.800. The third-order valence-electron chi connectivity index (χ3n) is 13.6. The van der Waals surface area contributed by atoms with Crippen LogP contribution < -0.4 is 31.9 Å². The monoisotopic (exact) mass is 1390 g/mol. The molecule has 2 fully saturated rings. The van der Waals surface area contributed by atoms with Crippen LogP contribution in [0.25, 0.3) is 0 Å². The number of carbonyl (C=O) groups is 6. The summed E-state index contributed by atoms with van der Waals surface area (Å²) in [6.45, 7) is 82.8. The van der Waals surface area contributed by atoms with E-state index in [9.17, 15) is 28.8 Å². The highest BCUT2D eigenvalue weighted by Crippen LogP contribution is 2.42. The van der Waals surface area contributed by atoms with Crippen molar-refractivity contribution in [2.75, 3.05) is 39.6 Å². The zero-order chi connectivity index (χ0) is 77.7. The Labute approximate surface area is 600 Å². The molecule has 0 aromatic carbocycles. The van der Waals surface area contributed by atoms with Crippen LogP contribution in [0.3, 0.4) is 0 Å². The fourth-order valence-corrected chi connectivity index (χ4v) is 9.16. The maximum Gasteiger partial charge on any atom is 0.250 e. The molecule has 18 nitrogen and oxygen atoms in total. The molecule has 18 heteroatoms. The molecule has 0 saturated heterocycles. The largest absolute Gasteiger partial charge is 0.369 e. The van der Waals surface area contributed by atoms with Crippen LogP contribution in [-0.4, -0.2) is 145 Å². The summed E-state index contributed by atoms with van der Waals surface area (Å²) in [4.78, 5) is 72.1. The number of carbonyl (C=O) groups excluding carboxylic acids is 6. The summed E-state index contributed by atoms with van der Waals surface area (Å²) in [7, 11) is 0. The molecule has 0 radical (unpaired) electrons. The van der Waals surface area contributed by atoms with Crippen LogP contribution in [0, 0.1) is 39.9 Å². The van der Waals surface area contributed by atoms with Crippen LogP contribution in [0.4, 0.5) is 0 Å². The third kappa shape index (κ3) is 59.0. The zero-order valence-corrected chi connectivity index (χ0v) is 68.5. The van der Waals surface area contributed by atoms with Gasteiger partial charge in [-0.2, -0.15) is 0 Å². The second-order valence-corrected chi connectivity index (χ2v) is 36.1. The lowest BCUT2D eigenvalue weighted by Crippen LogP contribution is -2.50. The van der Waals surface area contributed by atoms with E-state index in [-0.39, 0.29) is 109 Å². The first-order chi connectivity index (χ1) is 44.2. The molecule has 0 heterocycles. The van der Waals surface area contributed by atoms with Gasteiger partial charge in [0.1, 0.15) is 36.6 Å². The smallest absolute Gasteiger partial charge is 0.250 e. The molecule has 2 aliphatic rings. The van der Waals surface area contributed by atoms with E-state index in [1.54, 1.807) is 30.4 Å². The molecule has 8 atom stereocenters. The van der Waals surface area contributed by atoms with E-state index in [1.165, 1.54) is 25.7 Å². The van der Waals surface area contributed by atoms with Gasteiger partial charge in [-0.25, -0.2) is 0 Å². The molecule has 2 rings (SSSR count). The van der Waals surface area contributed by atoms with Crippen LogP contribution in [0.2, 0.25) is 0 Å². The van der Waals surface area contributed by atoms with Crippen molar-refractivity contribution < 1.29 is 57.2 Å². The molecule has 6 amide bonds. The van der Waals surface area contributed by atoms with Gasteiger partial charge in [0.2, 0.25) is 35.4 Å². The summed E-state index contributed by atoms with van der Waals surface area (Å²) in [6, 6.07) is 0. The normalized spacial score (nSPS) is 16.9.